The van der Waals surface area contributed by atoms with Gasteiger partial charge in [0, 0.05) is 40.1 Å². The van der Waals surface area contributed by atoms with Crippen LogP contribution in [0.1, 0.15) is 92.9 Å². The molecule has 14 nitrogen and oxygen atoms in total. The van der Waals surface area contributed by atoms with Crippen molar-refractivity contribution in [1.29, 1.82) is 0 Å². The standard InChI is InChI=1S/C41H71NO13/c1-11-12-16-21-50-39-28(5)52-33(24-41(39,6)49-10)54-36-27(4)53-40(35(47)34(36)42(7)8)55-37-29(19-20-43)22-25(2)30(44)18-15-13-14-17-26(3)51-32(46)23-31(45)38(37)48-9/h13-15,18,20,25-31,33-40,44-45,47H,11-12,16-17,19,21-24H2,1-10H3/b14-13+,18-15+/t25-,26-,27+,28-,29+,30+,31-,33-,34+,35+,36+,37+,38+,39-,40-,41+/m1/s1. The third-order valence-electron chi connectivity index (χ3n) is 11.3. The van der Waals surface area contributed by atoms with E-state index in [0.29, 0.717) is 19.4 Å². The molecule has 0 aromatic heterocycles. The number of hydrogen-bond donors (Lipinski definition) is 3. The summed E-state index contributed by atoms with van der Waals surface area (Å²) in [6.07, 6.45) is 1.45. The van der Waals surface area contributed by atoms with Gasteiger partial charge in [0.1, 0.15) is 36.8 Å². The number of allylic oxidation sites excluding steroid dienone is 2. The molecule has 0 aromatic rings. The summed E-state index contributed by atoms with van der Waals surface area (Å²) in [6, 6.07) is -0.651. The summed E-state index contributed by atoms with van der Waals surface area (Å²) >= 11 is 0. The Morgan fingerprint density at radius 3 is 2.35 bits per heavy atom. The first kappa shape index (κ1) is 47.6. The molecule has 55 heavy (non-hydrogen) atoms. The molecular formula is C41H71NO13. The number of rotatable bonds is 14. The monoisotopic (exact) mass is 785 g/mol. The van der Waals surface area contributed by atoms with Crippen molar-refractivity contribution in [1.82, 2.24) is 4.90 Å². The number of nitrogens with zero attached hydrogens (tertiary/aromatic N) is 1. The fourth-order valence-corrected chi connectivity index (χ4v) is 8.09. The lowest BCUT2D eigenvalue weighted by Gasteiger charge is -2.51. The van der Waals surface area contributed by atoms with Crippen LogP contribution in [0.3, 0.4) is 0 Å². The molecular weight excluding hydrogens is 714 g/mol. The summed E-state index contributed by atoms with van der Waals surface area (Å²) in [7, 11) is 6.69. The van der Waals surface area contributed by atoms with Crippen molar-refractivity contribution in [2.45, 2.75) is 178 Å². The smallest absolute Gasteiger partial charge is 0.308 e. The predicted molar refractivity (Wildman–Crippen MR) is 205 cm³/mol. The maximum Gasteiger partial charge on any atom is 0.308 e. The van der Waals surface area contributed by atoms with E-state index in [0.717, 1.165) is 25.5 Å². The van der Waals surface area contributed by atoms with E-state index in [2.05, 4.69) is 6.92 Å². The second-order valence-electron chi connectivity index (χ2n) is 16.0. The summed E-state index contributed by atoms with van der Waals surface area (Å²) in [5, 5.41) is 34.5. The average Bonchev–Trinajstić information content (AvgIpc) is 3.11. The van der Waals surface area contributed by atoms with Gasteiger partial charge in [0.15, 0.2) is 12.6 Å². The van der Waals surface area contributed by atoms with E-state index in [-0.39, 0.29) is 31.0 Å². The molecule has 0 bridgehead atoms. The summed E-state index contributed by atoms with van der Waals surface area (Å²) in [5.74, 6) is -1.58. The van der Waals surface area contributed by atoms with Crippen LogP contribution in [0.2, 0.25) is 0 Å². The van der Waals surface area contributed by atoms with Crippen molar-refractivity contribution in [3.05, 3.63) is 24.3 Å². The highest BCUT2D eigenvalue weighted by Gasteiger charge is 2.52. The van der Waals surface area contributed by atoms with Crippen molar-refractivity contribution < 1.29 is 62.8 Å². The number of cyclic esters (lactones) is 1. The van der Waals surface area contributed by atoms with E-state index in [1.165, 1.54) is 7.11 Å². The van der Waals surface area contributed by atoms with Gasteiger partial charge in [-0.2, -0.15) is 0 Å². The van der Waals surface area contributed by atoms with Gasteiger partial charge in [0.25, 0.3) is 0 Å². The Kier molecular flexibility index (Phi) is 19.8. The van der Waals surface area contributed by atoms with E-state index < -0.39 is 91.4 Å². The quantitative estimate of drug-likeness (QED) is 0.132. The van der Waals surface area contributed by atoms with Gasteiger partial charge in [-0.15, -0.1) is 0 Å². The number of carbonyl (C=O) groups is 2. The molecule has 3 aliphatic heterocycles. The van der Waals surface area contributed by atoms with Crippen molar-refractivity contribution >= 4 is 12.3 Å². The lowest BCUT2D eigenvalue weighted by Crippen LogP contribution is -2.66. The molecule has 0 radical (unpaired) electrons. The van der Waals surface area contributed by atoms with Gasteiger partial charge in [-0.3, -0.25) is 4.79 Å². The fourth-order valence-electron chi connectivity index (χ4n) is 8.09. The lowest BCUT2D eigenvalue weighted by molar-refractivity contribution is -0.347. The number of esters is 1. The maximum absolute atomic E-state index is 12.9. The lowest BCUT2D eigenvalue weighted by atomic mass is 9.82. The normalized spacial score (nSPS) is 42.4. The number of aldehydes is 1. The number of carbonyl (C=O) groups excluding carboxylic acids is 2. The van der Waals surface area contributed by atoms with Gasteiger partial charge in [0.05, 0.1) is 48.6 Å². The van der Waals surface area contributed by atoms with Crippen LogP contribution in [0, 0.1) is 11.8 Å². The van der Waals surface area contributed by atoms with Gasteiger partial charge in [-0.05, 0) is 66.5 Å². The van der Waals surface area contributed by atoms with Gasteiger partial charge in [0.2, 0.25) is 0 Å². The number of likely N-dealkylation sites (N-methyl/N-ethyl adjacent to an activating group) is 1. The summed E-state index contributed by atoms with van der Waals surface area (Å²) in [4.78, 5) is 26.9. The summed E-state index contributed by atoms with van der Waals surface area (Å²) < 4.78 is 49.7. The highest BCUT2D eigenvalue weighted by molar-refractivity contribution is 5.70. The number of ether oxygens (including phenoxy) is 8. The number of unbranched alkanes of at least 4 members (excludes halogenated alkanes) is 2. The molecule has 2 saturated heterocycles. The van der Waals surface area contributed by atoms with E-state index >= 15 is 0 Å². The average molecular weight is 786 g/mol. The Hall–Kier alpha value is -1.82. The Balaban J connectivity index is 1.90. The molecule has 3 rings (SSSR count). The molecule has 0 spiro atoms. The van der Waals surface area contributed by atoms with Crippen molar-refractivity contribution in [3.63, 3.8) is 0 Å². The Bertz CT molecular complexity index is 1200. The molecule has 0 aliphatic carbocycles. The number of aliphatic hydroxyl groups excluding tert-OH is 3. The zero-order chi connectivity index (χ0) is 40.9. The van der Waals surface area contributed by atoms with Crippen LogP contribution in [0.25, 0.3) is 0 Å². The van der Waals surface area contributed by atoms with Crippen LogP contribution >= 0.6 is 0 Å². The molecule has 14 heteroatoms. The molecule has 16 atom stereocenters. The fraction of sp³-hybridized carbons (Fsp3) is 0.854. The summed E-state index contributed by atoms with van der Waals surface area (Å²) in [6.45, 7) is 12.1. The highest BCUT2D eigenvalue weighted by atomic mass is 16.7. The number of methoxy groups -OCH3 is 2. The first-order chi connectivity index (χ1) is 26.1. The van der Waals surface area contributed by atoms with Gasteiger partial charge in [-0.25, -0.2) is 0 Å². The number of hydrogen-bond acceptors (Lipinski definition) is 14. The molecule has 3 aliphatic rings. The third-order valence-corrected chi connectivity index (χ3v) is 11.3. The van der Waals surface area contributed by atoms with Crippen molar-refractivity contribution in [2.24, 2.45) is 11.8 Å². The van der Waals surface area contributed by atoms with Crippen LogP contribution in [0.4, 0.5) is 0 Å². The first-order valence-corrected chi connectivity index (χ1v) is 20.1. The van der Waals surface area contributed by atoms with Crippen molar-refractivity contribution in [3.8, 4) is 0 Å². The Morgan fingerprint density at radius 2 is 1.71 bits per heavy atom. The Morgan fingerprint density at radius 1 is 0.982 bits per heavy atom. The largest absolute Gasteiger partial charge is 0.462 e. The van der Waals surface area contributed by atoms with Gasteiger partial charge >= 0.3 is 5.97 Å². The summed E-state index contributed by atoms with van der Waals surface area (Å²) in [5.41, 5.74) is -0.694. The molecule has 318 valence electrons. The molecule has 2 fully saturated rings. The van der Waals surface area contributed by atoms with E-state index in [1.807, 2.05) is 52.8 Å². The minimum absolute atomic E-state index is 0.0145. The molecule has 0 saturated carbocycles. The van der Waals surface area contributed by atoms with Crippen LogP contribution in [0.5, 0.6) is 0 Å². The highest BCUT2D eigenvalue weighted by Crippen LogP contribution is 2.38. The van der Waals surface area contributed by atoms with Crippen molar-refractivity contribution in [2.75, 3.05) is 34.9 Å². The predicted octanol–water partition coefficient (Wildman–Crippen LogP) is 3.71. The minimum Gasteiger partial charge on any atom is -0.462 e. The van der Waals surface area contributed by atoms with Crippen LogP contribution in [-0.4, -0.2) is 153 Å². The van der Waals surface area contributed by atoms with E-state index in [9.17, 15) is 24.9 Å². The minimum atomic E-state index is -1.40. The first-order valence-electron chi connectivity index (χ1n) is 20.1. The molecule has 0 unspecified atom stereocenters. The van der Waals surface area contributed by atoms with Crippen LogP contribution in [0.15, 0.2) is 24.3 Å². The topological polar surface area (TPSA) is 172 Å². The molecule has 0 amide bonds. The second kappa shape index (κ2) is 22.9. The zero-order valence-electron chi connectivity index (χ0n) is 34.8. The molecule has 0 aromatic carbocycles. The van der Waals surface area contributed by atoms with Gasteiger partial charge < -0.3 is 62.9 Å². The van der Waals surface area contributed by atoms with Crippen LogP contribution < -0.4 is 0 Å². The third kappa shape index (κ3) is 13.4. The SMILES string of the molecule is CCCCCO[C@@H]1[C@@H](C)O[C@H](O[C@@H]2[C@@H](N(C)C)[C@H](O)[C@@H](O[C@H]3[C@@H](CC=O)C[C@@H](C)[C@@H](O)/C=C/C=C/C[C@@H](C)OC(=O)C[C@@H](O)[C@@H]3OC)O[C@H]2C)C[C@]1(C)OC. The molecule has 3 N–H and O–H groups in total. The van der Waals surface area contributed by atoms with Gasteiger partial charge in [-0.1, -0.05) is 51.0 Å². The van der Waals surface area contributed by atoms with E-state index in [4.69, 9.17) is 37.9 Å². The second-order valence-corrected chi connectivity index (χ2v) is 16.0. The zero-order valence-corrected chi connectivity index (χ0v) is 34.8. The Labute approximate surface area is 328 Å². The van der Waals surface area contributed by atoms with E-state index in [1.54, 1.807) is 32.3 Å². The number of aliphatic hydroxyl groups is 3. The molecule has 3 heterocycles. The maximum atomic E-state index is 12.9. The van der Waals surface area contributed by atoms with Crippen LogP contribution in [-0.2, 0) is 47.5 Å².